The van der Waals surface area contributed by atoms with Crippen LogP contribution in [0.3, 0.4) is 0 Å². The van der Waals surface area contributed by atoms with E-state index in [1.165, 1.54) is 18.2 Å². The number of halogens is 2. The molecule has 0 radical (unpaired) electrons. The van der Waals surface area contributed by atoms with E-state index >= 15 is 0 Å². The molecule has 4 rings (SSSR count). The second-order valence-corrected chi connectivity index (χ2v) is 6.23. The maximum atomic E-state index is 14.3. The zero-order valence-corrected chi connectivity index (χ0v) is 13.7. The molecule has 2 aromatic carbocycles. The van der Waals surface area contributed by atoms with E-state index in [0.29, 0.717) is 24.1 Å². The number of hydrogen-bond donors (Lipinski definition) is 2. The molecule has 8 heteroatoms. The number of carbonyl (C=O) groups is 1. The van der Waals surface area contributed by atoms with Crippen LogP contribution in [0.2, 0.25) is 0 Å². The molecule has 26 heavy (non-hydrogen) atoms. The fraction of sp³-hybridized carbons (Fsp3) is 0.222. The Balaban J connectivity index is 1.77. The highest BCUT2D eigenvalue weighted by Gasteiger charge is 2.26. The zero-order valence-electron chi connectivity index (χ0n) is 13.7. The highest BCUT2D eigenvalue weighted by Crippen LogP contribution is 2.36. The van der Waals surface area contributed by atoms with E-state index in [9.17, 15) is 13.6 Å². The lowest BCUT2D eigenvalue weighted by molar-refractivity contribution is 0.222. The SMILES string of the molecule is N[C@H]1CCN(C(=O)Nc2noc3cccc(-c4c(F)cccc4F)c23)C1. The Bertz CT molecular complexity index is 968. The monoisotopic (exact) mass is 358 g/mol. The molecule has 1 fully saturated rings. The van der Waals surface area contributed by atoms with E-state index in [-0.39, 0.29) is 29.0 Å². The molecule has 1 aliphatic rings. The second kappa shape index (κ2) is 6.38. The molecule has 0 aliphatic carbocycles. The van der Waals surface area contributed by atoms with Crippen LogP contribution in [0.1, 0.15) is 6.42 Å². The first-order valence-corrected chi connectivity index (χ1v) is 8.19. The Morgan fingerprint density at radius 2 is 1.96 bits per heavy atom. The minimum atomic E-state index is -0.707. The van der Waals surface area contributed by atoms with E-state index < -0.39 is 11.6 Å². The summed E-state index contributed by atoms with van der Waals surface area (Å²) in [4.78, 5) is 14.0. The average Bonchev–Trinajstić information content (AvgIpc) is 3.22. The van der Waals surface area contributed by atoms with Gasteiger partial charge in [0.1, 0.15) is 11.6 Å². The first-order valence-electron chi connectivity index (χ1n) is 8.19. The van der Waals surface area contributed by atoms with Crippen molar-refractivity contribution in [2.75, 3.05) is 18.4 Å². The van der Waals surface area contributed by atoms with Crippen LogP contribution in [0, 0.1) is 11.6 Å². The number of urea groups is 1. The van der Waals surface area contributed by atoms with Crippen LogP contribution in [0.15, 0.2) is 40.9 Å². The Morgan fingerprint density at radius 3 is 2.65 bits per heavy atom. The van der Waals surface area contributed by atoms with Crippen LogP contribution in [0.25, 0.3) is 22.1 Å². The quantitative estimate of drug-likeness (QED) is 0.736. The smallest absolute Gasteiger partial charge is 0.323 e. The van der Waals surface area contributed by atoms with E-state index in [2.05, 4.69) is 10.5 Å². The predicted octanol–water partition coefficient (Wildman–Crippen LogP) is 3.34. The van der Waals surface area contributed by atoms with Crippen LogP contribution in [-0.2, 0) is 0 Å². The molecule has 134 valence electrons. The van der Waals surface area contributed by atoms with Gasteiger partial charge in [-0.2, -0.15) is 0 Å². The van der Waals surface area contributed by atoms with Crippen molar-refractivity contribution in [2.45, 2.75) is 12.5 Å². The summed E-state index contributed by atoms with van der Waals surface area (Å²) in [5, 5.41) is 6.86. The maximum Gasteiger partial charge on any atom is 0.323 e. The fourth-order valence-electron chi connectivity index (χ4n) is 3.19. The van der Waals surface area contributed by atoms with E-state index in [1.807, 2.05) is 0 Å². The van der Waals surface area contributed by atoms with Crippen LogP contribution < -0.4 is 11.1 Å². The number of aromatic nitrogens is 1. The van der Waals surface area contributed by atoms with Gasteiger partial charge in [0.25, 0.3) is 0 Å². The van der Waals surface area contributed by atoms with E-state index in [0.717, 1.165) is 6.42 Å². The summed E-state index contributed by atoms with van der Waals surface area (Å²) in [5.41, 5.74) is 6.20. The molecule has 3 N–H and O–H groups in total. The summed E-state index contributed by atoms with van der Waals surface area (Å²) < 4.78 is 33.7. The summed E-state index contributed by atoms with van der Waals surface area (Å²) in [7, 11) is 0. The van der Waals surface area contributed by atoms with Gasteiger partial charge in [-0.15, -0.1) is 0 Å². The Labute approximate surface area is 147 Å². The molecular formula is C18H16F2N4O2. The van der Waals surface area contributed by atoms with Gasteiger partial charge in [0, 0.05) is 24.7 Å². The van der Waals surface area contributed by atoms with Crippen molar-refractivity contribution in [1.82, 2.24) is 10.1 Å². The Hall–Kier alpha value is -3.00. The van der Waals surface area contributed by atoms with E-state index in [1.54, 1.807) is 23.1 Å². The number of carbonyl (C=O) groups excluding carboxylic acids is 1. The molecule has 1 atom stereocenters. The fourth-order valence-corrected chi connectivity index (χ4v) is 3.19. The van der Waals surface area contributed by atoms with Crippen molar-refractivity contribution >= 4 is 22.8 Å². The number of hydrogen-bond acceptors (Lipinski definition) is 4. The zero-order chi connectivity index (χ0) is 18.3. The number of benzene rings is 2. The standard InChI is InChI=1S/C18H16F2N4O2/c19-12-4-2-5-13(20)15(12)11-3-1-6-14-16(11)17(23-26-14)22-18(25)24-8-7-10(21)9-24/h1-6,10H,7-9,21H2,(H,22,23,25)/t10-/m0/s1. The maximum absolute atomic E-state index is 14.3. The molecule has 3 aromatic rings. The van der Waals surface area contributed by atoms with E-state index in [4.69, 9.17) is 10.3 Å². The molecule has 0 unspecified atom stereocenters. The molecule has 0 spiro atoms. The van der Waals surface area contributed by atoms with Gasteiger partial charge in [-0.25, -0.2) is 13.6 Å². The van der Waals surface area contributed by atoms with Crippen molar-refractivity contribution in [1.29, 1.82) is 0 Å². The normalized spacial score (nSPS) is 17.0. The van der Waals surface area contributed by atoms with Crippen molar-refractivity contribution in [3.63, 3.8) is 0 Å². The van der Waals surface area contributed by atoms with Gasteiger partial charge in [0.2, 0.25) is 0 Å². The van der Waals surface area contributed by atoms with Gasteiger partial charge in [-0.05, 0) is 24.6 Å². The summed E-state index contributed by atoms with van der Waals surface area (Å²) in [5.74, 6) is -1.30. The third-order valence-electron chi connectivity index (χ3n) is 4.47. The van der Waals surface area contributed by atoms with Crippen molar-refractivity contribution in [3.05, 3.63) is 48.0 Å². The molecule has 1 aliphatic heterocycles. The number of amides is 2. The largest absolute Gasteiger partial charge is 0.354 e. The highest BCUT2D eigenvalue weighted by atomic mass is 19.1. The van der Waals surface area contributed by atoms with Gasteiger partial charge in [0.05, 0.1) is 10.9 Å². The Kier molecular flexibility index (Phi) is 4.04. The van der Waals surface area contributed by atoms with Crippen molar-refractivity contribution in [3.8, 4) is 11.1 Å². The summed E-state index contributed by atoms with van der Waals surface area (Å²) in [6, 6.07) is 7.99. The van der Waals surface area contributed by atoms with Gasteiger partial charge < -0.3 is 15.2 Å². The van der Waals surface area contributed by atoms with Crippen molar-refractivity contribution < 1.29 is 18.1 Å². The summed E-state index contributed by atoms with van der Waals surface area (Å²) in [6.07, 6.45) is 0.721. The Morgan fingerprint density at radius 1 is 1.23 bits per heavy atom. The summed E-state index contributed by atoms with van der Waals surface area (Å²) >= 11 is 0. The van der Waals surface area contributed by atoms with Gasteiger partial charge in [0.15, 0.2) is 11.4 Å². The molecule has 2 heterocycles. The molecule has 0 bridgehead atoms. The van der Waals surface area contributed by atoms with Gasteiger partial charge in [-0.3, -0.25) is 5.32 Å². The predicted molar refractivity (Wildman–Crippen MR) is 92.5 cm³/mol. The van der Waals surface area contributed by atoms with Crippen molar-refractivity contribution in [2.24, 2.45) is 5.73 Å². The van der Waals surface area contributed by atoms with Gasteiger partial charge in [-0.1, -0.05) is 23.4 Å². The topological polar surface area (TPSA) is 84.4 Å². The minimum absolute atomic E-state index is 0.0575. The van der Waals surface area contributed by atoms with Crippen LogP contribution in [-0.4, -0.2) is 35.2 Å². The first kappa shape index (κ1) is 16.5. The lowest BCUT2D eigenvalue weighted by atomic mass is 10.0. The lowest BCUT2D eigenvalue weighted by Gasteiger charge is -2.15. The lowest BCUT2D eigenvalue weighted by Crippen LogP contribution is -2.35. The minimum Gasteiger partial charge on any atom is -0.354 e. The third kappa shape index (κ3) is 2.78. The number of nitrogens with two attached hydrogens (primary N) is 1. The van der Waals surface area contributed by atoms with Crippen LogP contribution >= 0.6 is 0 Å². The molecule has 1 aromatic heterocycles. The average molecular weight is 358 g/mol. The molecule has 2 amide bonds. The molecular weight excluding hydrogens is 342 g/mol. The molecule has 6 nitrogen and oxygen atoms in total. The summed E-state index contributed by atoms with van der Waals surface area (Å²) in [6.45, 7) is 0.980. The number of likely N-dealkylation sites (tertiary alicyclic amines) is 1. The third-order valence-corrected chi connectivity index (χ3v) is 4.47. The first-order chi connectivity index (χ1) is 12.5. The molecule has 0 saturated carbocycles. The number of nitrogens with zero attached hydrogens (tertiary/aromatic N) is 2. The number of nitrogens with one attached hydrogen (secondary N) is 1. The number of fused-ring (bicyclic) bond motifs is 1. The second-order valence-electron chi connectivity index (χ2n) is 6.23. The van der Waals surface area contributed by atoms with Crippen LogP contribution in [0.5, 0.6) is 0 Å². The van der Waals surface area contributed by atoms with Crippen LogP contribution in [0.4, 0.5) is 19.4 Å². The highest BCUT2D eigenvalue weighted by molar-refractivity contribution is 6.05. The van der Waals surface area contributed by atoms with Gasteiger partial charge >= 0.3 is 6.03 Å². The number of rotatable bonds is 2. The molecule has 1 saturated heterocycles. The number of anilines is 1.